The fraction of sp³-hybridized carbons (Fsp3) is 0.333. The first-order valence-corrected chi connectivity index (χ1v) is 8.37. The van der Waals surface area contributed by atoms with E-state index >= 15 is 0 Å². The Balaban J connectivity index is 2.03. The van der Waals surface area contributed by atoms with E-state index < -0.39 is 10.0 Å². The van der Waals surface area contributed by atoms with E-state index in [0.717, 1.165) is 6.54 Å². The van der Waals surface area contributed by atoms with Crippen LogP contribution < -0.4 is 14.2 Å². The molecule has 1 aromatic carbocycles. The quantitative estimate of drug-likeness (QED) is 0.753. The summed E-state index contributed by atoms with van der Waals surface area (Å²) in [6.45, 7) is 1.10. The molecule has 0 aliphatic heterocycles. The first kappa shape index (κ1) is 16.4. The van der Waals surface area contributed by atoms with E-state index in [1.54, 1.807) is 12.1 Å². The predicted octanol–water partition coefficient (Wildman–Crippen LogP) is 1.87. The van der Waals surface area contributed by atoms with Gasteiger partial charge in [0, 0.05) is 31.5 Å². The summed E-state index contributed by atoms with van der Waals surface area (Å²) in [5.41, 5.74) is 0. The highest BCUT2D eigenvalue weighted by Crippen LogP contribution is 2.27. The van der Waals surface area contributed by atoms with Gasteiger partial charge in [-0.3, -0.25) is 0 Å². The summed E-state index contributed by atoms with van der Waals surface area (Å²) >= 11 is 0. The highest BCUT2D eigenvalue weighted by Gasteiger charge is 2.19. The number of nitrogens with zero attached hydrogens (tertiary/aromatic N) is 1. The fourth-order valence-corrected chi connectivity index (χ4v) is 3.32. The molecular formula is C15H20N2O4S. The van der Waals surface area contributed by atoms with E-state index in [9.17, 15) is 8.42 Å². The lowest BCUT2D eigenvalue weighted by molar-refractivity contribution is 0.392. The molecule has 0 amide bonds. The van der Waals surface area contributed by atoms with Gasteiger partial charge >= 0.3 is 0 Å². The summed E-state index contributed by atoms with van der Waals surface area (Å²) in [7, 11) is -0.715. The molecule has 7 heteroatoms. The van der Waals surface area contributed by atoms with Gasteiger partial charge in [0.2, 0.25) is 10.0 Å². The summed E-state index contributed by atoms with van der Waals surface area (Å²) in [4.78, 5) is 0.0790. The highest BCUT2D eigenvalue weighted by molar-refractivity contribution is 7.89. The number of hydrogen-bond donors (Lipinski definition) is 1. The van der Waals surface area contributed by atoms with Crippen LogP contribution in [0.25, 0.3) is 0 Å². The lowest BCUT2D eigenvalue weighted by Crippen LogP contribution is -2.26. The largest absolute Gasteiger partial charge is 0.497 e. The van der Waals surface area contributed by atoms with E-state index in [-0.39, 0.29) is 4.90 Å². The van der Waals surface area contributed by atoms with Crippen molar-refractivity contribution in [1.82, 2.24) is 9.29 Å². The number of rotatable bonds is 8. The third-order valence-electron chi connectivity index (χ3n) is 3.21. The highest BCUT2D eigenvalue weighted by atomic mass is 32.2. The average molecular weight is 324 g/mol. The first-order valence-electron chi connectivity index (χ1n) is 6.89. The normalized spacial score (nSPS) is 11.4. The number of hydrogen-bond acceptors (Lipinski definition) is 4. The van der Waals surface area contributed by atoms with Gasteiger partial charge in [-0.25, -0.2) is 13.1 Å². The van der Waals surface area contributed by atoms with Crippen LogP contribution in [0.15, 0.2) is 47.6 Å². The number of ether oxygens (including phenoxy) is 2. The van der Waals surface area contributed by atoms with Crippen molar-refractivity contribution in [3.63, 3.8) is 0 Å². The molecule has 2 aromatic rings. The number of nitrogens with one attached hydrogen (secondary N) is 1. The van der Waals surface area contributed by atoms with E-state index in [4.69, 9.17) is 9.47 Å². The number of aryl methyl sites for hydroxylation is 1. The van der Waals surface area contributed by atoms with E-state index in [1.165, 1.54) is 20.3 Å². The van der Waals surface area contributed by atoms with Crippen LogP contribution in [0.2, 0.25) is 0 Å². The van der Waals surface area contributed by atoms with Crippen molar-refractivity contribution >= 4 is 10.0 Å². The molecule has 0 radical (unpaired) electrons. The molecule has 0 aliphatic carbocycles. The number of aromatic nitrogens is 1. The Morgan fingerprint density at radius 2 is 1.86 bits per heavy atom. The standard InChI is InChI=1S/C15H20N2O4S/c1-20-13-6-7-14(21-2)15(12-13)22(18,19)16-8-5-11-17-9-3-4-10-17/h3-4,6-7,9-10,12,16H,5,8,11H2,1-2H3. The van der Waals surface area contributed by atoms with Gasteiger partial charge in [-0.05, 0) is 30.7 Å². The zero-order valence-corrected chi connectivity index (χ0v) is 13.5. The number of sulfonamides is 1. The van der Waals surface area contributed by atoms with Crippen molar-refractivity contribution in [1.29, 1.82) is 0 Å². The fourth-order valence-electron chi connectivity index (χ4n) is 2.06. The molecule has 1 N–H and O–H groups in total. The molecule has 6 nitrogen and oxygen atoms in total. The maximum absolute atomic E-state index is 12.4. The van der Waals surface area contributed by atoms with Gasteiger partial charge in [-0.2, -0.15) is 0 Å². The Morgan fingerprint density at radius 3 is 2.50 bits per heavy atom. The SMILES string of the molecule is COc1ccc(OC)c(S(=O)(=O)NCCCn2cccc2)c1. The Labute approximate surface area is 130 Å². The van der Waals surface area contributed by atoms with E-state index in [2.05, 4.69) is 4.72 Å². The van der Waals surface area contributed by atoms with Crippen LogP contribution in [-0.4, -0.2) is 33.7 Å². The smallest absolute Gasteiger partial charge is 0.244 e. The molecule has 1 heterocycles. The lowest BCUT2D eigenvalue weighted by atomic mass is 10.3. The van der Waals surface area contributed by atoms with Crippen molar-refractivity contribution in [2.24, 2.45) is 0 Å². The van der Waals surface area contributed by atoms with Gasteiger partial charge in [-0.15, -0.1) is 0 Å². The Kier molecular flexibility index (Phi) is 5.46. The second-order valence-electron chi connectivity index (χ2n) is 4.69. The zero-order valence-electron chi connectivity index (χ0n) is 12.7. The summed E-state index contributed by atoms with van der Waals surface area (Å²) in [5.74, 6) is 0.757. The van der Waals surface area contributed by atoms with Gasteiger partial charge < -0.3 is 14.0 Å². The topological polar surface area (TPSA) is 69.6 Å². The minimum atomic E-state index is -3.64. The summed E-state index contributed by atoms with van der Waals surface area (Å²) in [6, 6.07) is 8.56. The Morgan fingerprint density at radius 1 is 1.14 bits per heavy atom. The maximum Gasteiger partial charge on any atom is 0.244 e. The summed E-state index contributed by atoms with van der Waals surface area (Å²) in [6.07, 6.45) is 4.58. The van der Waals surface area contributed by atoms with Crippen molar-refractivity contribution in [3.8, 4) is 11.5 Å². The minimum absolute atomic E-state index is 0.0790. The van der Waals surface area contributed by atoms with Gasteiger partial charge in [0.25, 0.3) is 0 Å². The third-order valence-corrected chi connectivity index (χ3v) is 4.69. The molecule has 0 fully saturated rings. The molecule has 0 saturated carbocycles. The van der Waals surface area contributed by atoms with Crippen LogP contribution in [0.4, 0.5) is 0 Å². The molecule has 22 heavy (non-hydrogen) atoms. The summed E-state index contributed by atoms with van der Waals surface area (Å²) < 4.78 is 39.6. The van der Waals surface area contributed by atoms with Gasteiger partial charge in [0.05, 0.1) is 14.2 Å². The van der Waals surface area contributed by atoms with E-state index in [0.29, 0.717) is 24.5 Å². The Hall–Kier alpha value is -1.99. The van der Waals surface area contributed by atoms with Crippen LogP contribution in [-0.2, 0) is 16.6 Å². The van der Waals surface area contributed by atoms with Crippen LogP contribution in [0, 0.1) is 0 Å². The molecule has 1 aromatic heterocycles. The molecule has 0 saturated heterocycles. The third kappa shape index (κ3) is 4.02. The molecule has 0 atom stereocenters. The van der Waals surface area contributed by atoms with Crippen LogP contribution in [0.3, 0.4) is 0 Å². The van der Waals surface area contributed by atoms with Gasteiger partial charge in [0.1, 0.15) is 16.4 Å². The van der Waals surface area contributed by atoms with Crippen LogP contribution in [0.5, 0.6) is 11.5 Å². The van der Waals surface area contributed by atoms with Crippen LogP contribution >= 0.6 is 0 Å². The molecule has 2 rings (SSSR count). The predicted molar refractivity (Wildman–Crippen MR) is 83.8 cm³/mol. The first-order chi connectivity index (χ1) is 10.6. The monoisotopic (exact) mass is 324 g/mol. The number of benzene rings is 1. The average Bonchev–Trinajstić information content (AvgIpc) is 3.04. The second-order valence-corrected chi connectivity index (χ2v) is 6.42. The van der Waals surface area contributed by atoms with Crippen molar-refractivity contribution in [2.45, 2.75) is 17.9 Å². The van der Waals surface area contributed by atoms with Crippen molar-refractivity contribution in [2.75, 3.05) is 20.8 Å². The maximum atomic E-state index is 12.4. The molecule has 0 bridgehead atoms. The molecular weight excluding hydrogens is 304 g/mol. The molecule has 120 valence electrons. The van der Waals surface area contributed by atoms with Crippen molar-refractivity contribution in [3.05, 3.63) is 42.7 Å². The second kappa shape index (κ2) is 7.33. The van der Waals surface area contributed by atoms with Gasteiger partial charge in [0.15, 0.2) is 0 Å². The van der Waals surface area contributed by atoms with Crippen molar-refractivity contribution < 1.29 is 17.9 Å². The lowest BCUT2D eigenvalue weighted by Gasteiger charge is -2.12. The number of methoxy groups -OCH3 is 2. The Bertz CT molecular complexity index is 696. The minimum Gasteiger partial charge on any atom is -0.497 e. The summed E-state index contributed by atoms with van der Waals surface area (Å²) in [5, 5.41) is 0. The molecule has 0 unspecified atom stereocenters. The molecule has 0 aliphatic rings. The van der Waals surface area contributed by atoms with Crippen LogP contribution in [0.1, 0.15) is 6.42 Å². The molecule has 0 spiro atoms. The zero-order chi connectivity index (χ0) is 16.0. The van der Waals surface area contributed by atoms with E-state index in [1.807, 2.05) is 29.1 Å². The van der Waals surface area contributed by atoms with Gasteiger partial charge in [-0.1, -0.05) is 0 Å².